The first-order chi connectivity index (χ1) is 10.6. The molecule has 2 rings (SSSR count). The molecule has 1 atom stereocenters. The van der Waals surface area contributed by atoms with Crippen molar-refractivity contribution >= 4 is 5.91 Å². The number of hydrogen-bond donors (Lipinski definition) is 2. The number of carbonyl (C=O) groups is 1. The fourth-order valence-electron chi connectivity index (χ4n) is 2.27. The van der Waals surface area contributed by atoms with Crippen LogP contribution in [0, 0.1) is 11.7 Å². The van der Waals surface area contributed by atoms with Crippen LogP contribution >= 0.6 is 0 Å². The number of benzene rings is 1. The van der Waals surface area contributed by atoms with Crippen molar-refractivity contribution < 1.29 is 13.6 Å². The molecule has 0 saturated carbocycles. The van der Waals surface area contributed by atoms with E-state index in [1.165, 1.54) is 12.1 Å². The Bertz CT molecular complexity index is 579. The molecule has 0 bridgehead atoms. The van der Waals surface area contributed by atoms with E-state index in [2.05, 4.69) is 24.5 Å². The van der Waals surface area contributed by atoms with Crippen LogP contribution in [0.5, 0.6) is 0 Å². The zero-order valence-corrected chi connectivity index (χ0v) is 12.8. The molecule has 22 heavy (non-hydrogen) atoms. The van der Waals surface area contributed by atoms with Gasteiger partial charge in [-0.15, -0.1) is 0 Å². The monoisotopic (exact) mass is 304 g/mol. The number of halogens is 1. The second-order valence-corrected chi connectivity index (χ2v) is 5.51. The van der Waals surface area contributed by atoms with Crippen molar-refractivity contribution in [1.82, 2.24) is 10.6 Å². The van der Waals surface area contributed by atoms with E-state index in [1.54, 1.807) is 24.5 Å². The first kappa shape index (κ1) is 16.2. The van der Waals surface area contributed by atoms with Crippen LogP contribution in [0.2, 0.25) is 0 Å². The van der Waals surface area contributed by atoms with Crippen LogP contribution in [0.25, 0.3) is 0 Å². The van der Waals surface area contributed by atoms with Crippen molar-refractivity contribution in [3.05, 3.63) is 59.8 Å². The molecule has 1 amide bonds. The summed E-state index contributed by atoms with van der Waals surface area (Å²) in [4.78, 5) is 11.9. The Kier molecular flexibility index (Phi) is 5.72. The van der Waals surface area contributed by atoms with Gasteiger partial charge in [0.1, 0.15) is 11.6 Å². The molecule has 1 unspecified atom stereocenters. The van der Waals surface area contributed by atoms with Gasteiger partial charge in [0, 0.05) is 6.04 Å². The van der Waals surface area contributed by atoms with E-state index >= 15 is 0 Å². The Morgan fingerprint density at radius 1 is 1.23 bits per heavy atom. The van der Waals surface area contributed by atoms with Gasteiger partial charge in [0.05, 0.1) is 19.4 Å². The number of furan rings is 1. The van der Waals surface area contributed by atoms with E-state index in [4.69, 9.17) is 4.42 Å². The molecule has 1 heterocycles. The minimum Gasteiger partial charge on any atom is -0.467 e. The molecule has 0 aliphatic carbocycles. The largest absolute Gasteiger partial charge is 0.467 e. The van der Waals surface area contributed by atoms with Gasteiger partial charge in [0.15, 0.2) is 0 Å². The maximum atomic E-state index is 13.0. The SMILES string of the molecule is CC(C)C(NCC(=O)NCc1ccco1)c1ccc(F)cc1. The normalized spacial score (nSPS) is 12.4. The Hall–Kier alpha value is -2.14. The molecular weight excluding hydrogens is 283 g/mol. The zero-order chi connectivity index (χ0) is 15.9. The van der Waals surface area contributed by atoms with Gasteiger partial charge in [0.2, 0.25) is 5.91 Å². The summed E-state index contributed by atoms with van der Waals surface area (Å²) < 4.78 is 18.2. The van der Waals surface area contributed by atoms with Crippen LogP contribution in [0.15, 0.2) is 47.1 Å². The van der Waals surface area contributed by atoms with Gasteiger partial charge in [0.25, 0.3) is 0 Å². The average Bonchev–Trinajstić information content (AvgIpc) is 3.00. The molecule has 0 spiro atoms. The highest BCUT2D eigenvalue weighted by atomic mass is 19.1. The van der Waals surface area contributed by atoms with Crippen LogP contribution < -0.4 is 10.6 Å². The number of carbonyl (C=O) groups excluding carboxylic acids is 1. The van der Waals surface area contributed by atoms with E-state index in [1.807, 2.05) is 6.07 Å². The fourth-order valence-corrected chi connectivity index (χ4v) is 2.27. The van der Waals surface area contributed by atoms with Crippen molar-refractivity contribution in [1.29, 1.82) is 0 Å². The molecule has 5 heteroatoms. The minimum atomic E-state index is -0.262. The fraction of sp³-hybridized carbons (Fsp3) is 0.353. The highest BCUT2D eigenvalue weighted by Crippen LogP contribution is 2.21. The molecule has 2 aromatic rings. The summed E-state index contributed by atoms with van der Waals surface area (Å²) in [7, 11) is 0. The predicted octanol–water partition coefficient (Wildman–Crippen LogP) is 3.02. The van der Waals surface area contributed by atoms with Crippen LogP contribution in [0.1, 0.15) is 31.2 Å². The van der Waals surface area contributed by atoms with E-state index in [-0.39, 0.29) is 30.2 Å². The Morgan fingerprint density at radius 2 is 1.95 bits per heavy atom. The van der Waals surface area contributed by atoms with Gasteiger partial charge in [-0.3, -0.25) is 4.79 Å². The topological polar surface area (TPSA) is 54.3 Å². The highest BCUT2D eigenvalue weighted by Gasteiger charge is 2.16. The summed E-state index contributed by atoms with van der Waals surface area (Å²) in [6, 6.07) is 9.94. The smallest absolute Gasteiger partial charge is 0.234 e. The first-order valence-corrected chi connectivity index (χ1v) is 7.34. The molecule has 0 fully saturated rings. The molecule has 0 saturated heterocycles. The van der Waals surface area contributed by atoms with Crippen LogP contribution in [0.3, 0.4) is 0 Å². The van der Waals surface area contributed by atoms with Crippen LogP contribution in [-0.2, 0) is 11.3 Å². The Labute approximate surface area is 129 Å². The van der Waals surface area contributed by atoms with E-state index in [0.29, 0.717) is 12.3 Å². The van der Waals surface area contributed by atoms with E-state index in [9.17, 15) is 9.18 Å². The summed E-state index contributed by atoms with van der Waals surface area (Å²) in [6.45, 7) is 4.68. The van der Waals surface area contributed by atoms with Gasteiger partial charge in [-0.05, 0) is 35.7 Å². The molecule has 1 aromatic heterocycles. The Morgan fingerprint density at radius 3 is 2.55 bits per heavy atom. The van der Waals surface area contributed by atoms with Gasteiger partial charge in [-0.1, -0.05) is 26.0 Å². The second-order valence-electron chi connectivity index (χ2n) is 5.51. The predicted molar refractivity (Wildman–Crippen MR) is 82.5 cm³/mol. The lowest BCUT2D eigenvalue weighted by Crippen LogP contribution is -2.37. The third-order valence-electron chi connectivity index (χ3n) is 3.42. The van der Waals surface area contributed by atoms with Gasteiger partial charge >= 0.3 is 0 Å². The lowest BCUT2D eigenvalue weighted by molar-refractivity contribution is -0.120. The van der Waals surface area contributed by atoms with Crippen molar-refractivity contribution in [2.75, 3.05) is 6.54 Å². The molecular formula is C17H21FN2O2. The van der Waals surface area contributed by atoms with Gasteiger partial charge in [-0.2, -0.15) is 0 Å². The number of rotatable bonds is 7. The maximum Gasteiger partial charge on any atom is 0.234 e. The van der Waals surface area contributed by atoms with Crippen molar-refractivity contribution in [2.24, 2.45) is 5.92 Å². The summed E-state index contributed by atoms with van der Waals surface area (Å²) >= 11 is 0. The lowest BCUT2D eigenvalue weighted by Gasteiger charge is -2.22. The molecule has 1 aromatic carbocycles. The van der Waals surface area contributed by atoms with E-state index in [0.717, 1.165) is 5.56 Å². The average molecular weight is 304 g/mol. The maximum absolute atomic E-state index is 13.0. The quantitative estimate of drug-likeness (QED) is 0.826. The third kappa shape index (κ3) is 4.70. The number of amides is 1. The molecule has 0 radical (unpaired) electrons. The molecule has 0 aliphatic heterocycles. The summed E-state index contributed by atoms with van der Waals surface area (Å²) in [6.07, 6.45) is 1.57. The number of hydrogen-bond acceptors (Lipinski definition) is 3. The summed E-state index contributed by atoms with van der Waals surface area (Å²) in [5.74, 6) is 0.627. The molecule has 2 N–H and O–H groups in total. The number of nitrogens with one attached hydrogen (secondary N) is 2. The summed E-state index contributed by atoms with van der Waals surface area (Å²) in [5, 5.41) is 6.00. The van der Waals surface area contributed by atoms with Crippen LogP contribution in [0.4, 0.5) is 4.39 Å². The van der Waals surface area contributed by atoms with Gasteiger partial charge < -0.3 is 15.1 Å². The second kappa shape index (κ2) is 7.75. The van der Waals surface area contributed by atoms with Crippen molar-refractivity contribution in [3.8, 4) is 0 Å². The standard InChI is InChI=1S/C17H21FN2O2/c1-12(2)17(13-5-7-14(18)8-6-13)20-11-16(21)19-10-15-4-3-9-22-15/h3-9,12,17,20H,10-11H2,1-2H3,(H,19,21). The highest BCUT2D eigenvalue weighted by molar-refractivity contribution is 5.77. The van der Waals surface area contributed by atoms with Gasteiger partial charge in [-0.25, -0.2) is 4.39 Å². The van der Waals surface area contributed by atoms with Crippen LogP contribution in [-0.4, -0.2) is 12.5 Å². The molecule has 118 valence electrons. The minimum absolute atomic E-state index is 0.00466. The van der Waals surface area contributed by atoms with Crippen molar-refractivity contribution in [2.45, 2.75) is 26.4 Å². The summed E-state index contributed by atoms with van der Waals surface area (Å²) in [5.41, 5.74) is 0.968. The van der Waals surface area contributed by atoms with Crippen molar-refractivity contribution in [3.63, 3.8) is 0 Å². The Balaban J connectivity index is 1.86. The molecule has 0 aliphatic rings. The zero-order valence-electron chi connectivity index (χ0n) is 12.8. The third-order valence-corrected chi connectivity index (χ3v) is 3.42. The lowest BCUT2D eigenvalue weighted by atomic mass is 9.96. The molecule has 4 nitrogen and oxygen atoms in total. The first-order valence-electron chi connectivity index (χ1n) is 7.34. The van der Waals surface area contributed by atoms with E-state index < -0.39 is 0 Å².